The van der Waals surface area contributed by atoms with Crippen LogP contribution in [0.25, 0.3) is 0 Å². The molecule has 0 aliphatic rings. The number of carbonyl (C=O) groups is 1. The fourth-order valence-electron chi connectivity index (χ4n) is 2.47. The minimum Gasteiger partial charge on any atom is -0.384 e. The topological polar surface area (TPSA) is 64.9 Å². The molecule has 23 heavy (non-hydrogen) atoms. The van der Waals surface area contributed by atoms with Crippen LogP contribution < -0.4 is 10.6 Å². The van der Waals surface area contributed by atoms with Crippen LogP contribution in [0.1, 0.15) is 30.0 Å². The second kappa shape index (κ2) is 8.00. The van der Waals surface area contributed by atoms with E-state index in [0.717, 1.165) is 12.1 Å². The van der Waals surface area contributed by atoms with E-state index in [4.69, 9.17) is 5.26 Å². The summed E-state index contributed by atoms with van der Waals surface area (Å²) < 4.78 is 0. The van der Waals surface area contributed by atoms with Crippen molar-refractivity contribution in [2.24, 2.45) is 0 Å². The molecule has 4 nitrogen and oxygen atoms in total. The lowest BCUT2D eigenvalue weighted by molar-refractivity contribution is -0.115. The summed E-state index contributed by atoms with van der Waals surface area (Å²) in [6.07, 6.45) is 1.32. The van der Waals surface area contributed by atoms with E-state index in [9.17, 15) is 4.79 Å². The summed E-state index contributed by atoms with van der Waals surface area (Å²) in [6.45, 7) is 4.76. The Hall–Kier alpha value is -2.80. The number of amides is 1. The first-order valence-corrected chi connectivity index (χ1v) is 7.76. The molecule has 0 saturated heterocycles. The van der Waals surface area contributed by atoms with Gasteiger partial charge in [0.25, 0.3) is 0 Å². The van der Waals surface area contributed by atoms with Gasteiger partial charge in [0.05, 0.1) is 11.6 Å². The molecule has 0 unspecified atom stereocenters. The van der Waals surface area contributed by atoms with Crippen LogP contribution in [0.3, 0.4) is 0 Å². The zero-order valence-corrected chi connectivity index (χ0v) is 13.5. The van der Waals surface area contributed by atoms with E-state index < -0.39 is 0 Å². The number of rotatable bonds is 6. The van der Waals surface area contributed by atoms with Gasteiger partial charge in [-0.15, -0.1) is 0 Å². The molecule has 2 aromatic rings. The number of hydrogen-bond donors (Lipinski definition) is 2. The van der Waals surface area contributed by atoms with Gasteiger partial charge in [-0.1, -0.05) is 31.2 Å². The normalized spacial score (nSPS) is 9.96. The van der Waals surface area contributed by atoms with Crippen molar-refractivity contribution in [3.05, 3.63) is 59.2 Å². The molecule has 0 aliphatic heterocycles. The number of aryl methyl sites for hydroxylation is 2. The highest BCUT2D eigenvalue weighted by atomic mass is 16.1. The Labute approximate surface area is 137 Å². The average Bonchev–Trinajstić information content (AvgIpc) is 2.56. The number of nitrogens with zero attached hydrogens (tertiary/aromatic N) is 1. The van der Waals surface area contributed by atoms with E-state index in [0.29, 0.717) is 24.2 Å². The highest BCUT2D eigenvalue weighted by Gasteiger charge is 2.06. The number of anilines is 2. The van der Waals surface area contributed by atoms with Gasteiger partial charge in [-0.3, -0.25) is 4.79 Å². The highest BCUT2D eigenvalue weighted by molar-refractivity contribution is 5.91. The molecule has 0 radical (unpaired) electrons. The third-order valence-corrected chi connectivity index (χ3v) is 3.67. The van der Waals surface area contributed by atoms with Crippen LogP contribution in [-0.4, -0.2) is 12.5 Å². The van der Waals surface area contributed by atoms with Gasteiger partial charge in [0.2, 0.25) is 5.91 Å². The molecule has 1 amide bonds. The first-order chi connectivity index (χ1) is 11.1. The standard InChI is InChI=1S/C19H21N3O/c1-3-16-8-4-6-14(2)19(16)21-11-10-18(23)22-17-9-5-7-15(12-17)13-20/h4-9,12,21H,3,10-11H2,1-2H3,(H,22,23). The largest absolute Gasteiger partial charge is 0.384 e. The Balaban J connectivity index is 1.89. The molecule has 2 N–H and O–H groups in total. The predicted molar refractivity (Wildman–Crippen MR) is 93.5 cm³/mol. The SMILES string of the molecule is CCc1cccc(C)c1NCCC(=O)Nc1cccc(C#N)c1. The minimum atomic E-state index is -0.0702. The first-order valence-electron chi connectivity index (χ1n) is 7.76. The van der Waals surface area contributed by atoms with Crippen molar-refractivity contribution >= 4 is 17.3 Å². The Morgan fingerprint density at radius 2 is 2.00 bits per heavy atom. The number of para-hydroxylation sites is 1. The van der Waals surface area contributed by atoms with Crippen LogP contribution in [-0.2, 0) is 11.2 Å². The van der Waals surface area contributed by atoms with Crippen molar-refractivity contribution < 1.29 is 4.79 Å². The third kappa shape index (κ3) is 4.58. The fourth-order valence-corrected chi connectivity index (χ4v) is 2.47. The van der Waals surface area contributed by atoms with Crippen LogP contribution in [0.5, 0.6) is 0 Å². The molecular weight excluding hydrogens is 286 g/mol. The summed E-state index contributed by atoms with van der Waals surface area (Å²) in [6, 6.07) is 15.2. The van der Waals surface area contributed by atoms with Crippen LogP contribution >= 0.6 is 0 Å². The Bertz CT molecular complexity index is 732. The molecule has 0 atom stereocenters. The van der Waals surface area contributed by atoms with Crippen molar-refractivity contribution in [1.29, 1.82) is 5.26 Å². The average molecular weight is 307 g/mol. The molecule has 2 aromatic carbocycles. The summed E-state index contributed by atoms with van der Waals surface area (Å²) in [5, 5.41) is 15.0. The van der Waals surface area contributed by atoms with E-state index in [1.165, 1.54) is 11.1 Å². The molecule has 2 rings (SSSR count). The van der Waals surface area contributed by atoms with Gasteiger partial charge in [-0.2, -0.15) is 5.26 Å². The van der Waals surface area contributed by atoms with Crippen LogP contribution in [0.4, 0.5) is 11.4 Å². The van der Waals surface area contributed by atoms with Gasteiger partial charge in [0.15, 0.2) is 0 Å². The molecule has 0 aliphatic carbocycles. The van der Waals surface area contributed by atoms with Gasteiger partial charge in [0, 0.05) is 24.3 Å². The molecule has 0 aromatic heterocycles. The summed E-state index contributed by atoms with van der Waals surface area (Å²) in [5.41, 5.74) is 4.75. The van der Waals surface area contributed by atoms with Crippen LogP contribution in [0, 0.1) is 18.3 Å². The summed E-state index contributed by atoms with van der Waals surface area (Å²) >= 11 is 0. The summed E-state index contributed by atoms with van der Waals surface area (Å²) in [5.74, 6) is -0.0702. The third-order valence-electron chi connectivity index (χ3n) is 3.67. The maximum absolute atomic E-state index is 12.0. The van der Waals surface area contributed by atoms with E-state index in [-0.39, 0.29) is 5.91 Å². The second-order valence-electron chi connectivity index (χ2n) is 5.38. The van der Waals surface area contributed by atoms with Crippen molar-refractivity contribution in [2.45, 2.75) is 26.7 Å². The molecule has 0 saturated carbocycles. The van der Waals surface area contributed by atoms with E-state index in [1.54, 1.807) is 24.3 Å². The number of hydrogen-bond acceptors (Lipinski definition) is 3. The lowest BCUT2D eigenvalue weighted by Gasteiger charge is -2.14. The Kier molecular flexibility index (Phi) is 5.76. The van der Waals surface area contributed by atoms with Gasteiger partial charge in [-0.25, -0.2) is 0 Å². The maximum Gasteiger partial charge on any atom is 0.226 e. The van der Waals surface area contributed by atoms with Gasteiger partial charge in [0.1, 0.15) is 0 Å². The molecular formula is C19H21N3O. The summed E-state index contributed by atoms with van der Waals surface area (Å²) in [4.78, 5) is 12.0. The molecule has 118 valence electrons. The zero-order valence-electron chi connectivity index (χ0n) is 13.5. The van der Waals surface area contributed by atoms with Gasteiger partial charge >= 0.3 is 0 Å². The number of benzene rings is 2. The van der Waals surface area contributed by atoms with Crippen molar-refractivity contribution in [2.75, 3.05) is 17.2 Å². The minimum absolute atomic E-state index is 0.0702. The molecule has 0 heterocycles. The van der Waals surface area contributed by atoms with Crippen molar-refractivity contribution in [1.82, 2.24) is 0 Å². The molecule has 0 bridgehead atoms. The molecule has 4 heteroatoms. The van der Waals surface area contributed by atoms with Crippen molar-refractivity contribution in [3.8, 4) is 6.07 Å². The predicted octanol–water partition coefficient (Wildman–Crippen LogP) is 3.87. The van der Waals surface area contributed by atoms with E-state index >= 15 is 0 Å². The zero-order chi connectivity index (χ0) is 16.7. The Morgan fingerprint density at radius 1 is 1.22 bits per heavy atom. The van der Waals surface area contributed by atoms with Crippen molar-refractivity contribution in [3.63, 3.8) is 0 Å². The van der Waals surface area contributed by atoms with Crippen LogP contribution in [0.2, 0.25) is 0 Å². The monoisotopic (exact) mass is 307 g/mol. The maximum atomic E-state index is 12.0. The smallest absolute Gasteiger partial charge is 0.226 e. The Morgan fingerprint density at radius 3 is 2.74 bits per heavy atom. The lowest BCUT2D eigenvalue weighted by atomic mass is 10.1. The lowest BCUT2D eigenvalue weighted by Crippen LogP contribution is -2.17. The second-order valence-corrected chi connectivity index (χ2v) is 5.38. The molecule has 0 spiro atoms. The number of carbonyl (C=O) groups excluding carboxylic acids is 1. The van der Waals surface area contributed by atoms with Crippen LogP contribution in [0.15, 0.2) is 42.5 Å². The van der Waals surface area contributed by atoms with E-state index in [1.807, 2.05) is 6.07 Å². The van der Waals surface area contributed by atoms with Gasteiger partial charge < -0.3 is 10.6 Å². The molecule has 0 fully saturated rings. The van der Waals surface area contributed by atoms with E-state index in [2.05, 4.69) is 42.7 Å². The first kappa shape index (κ1) is 16.6. The number of nitriles is 1. The highest BCUT2D eigenvalue weighted by Crippen LogP contribution is 2.21. The fraction of sp³-hybridized carbons (Fsp3) is 0.263. The number of nitrogens with one attached hydrogen (secondary N) is 2. The summed E-state index contributed by atoms with van der Waals surface area (Å²) in [7, 11) is 0. The quantitative estimate of drug-likeness (QED) is 0.851. The van der Waals surface area contributed by atoms with Gasteiger partial charge in [-0.05, 0) is 42.7 Å².